The molecule has 0 bridgehead atoms. The molecule has 1 atom stereocenters. The molecular weight excluding hydrogens is 324 g/mol. The zero-order valence-electron chi connectivity index (χ0n) is 15.3. The molecule has 1 aromatic heterocycles. The number of carbonyl (C=O) groups excluding carboxylic acids is 1. The summed E-state index contributed by atoms with van der Waals surface area (Å²) in [5.41, 5.74) is 3.84. The summed E-state index contributed by atoms with van der Waals surface area (Å²) in [5.74, 6) is 1.36. The van der Waals surface area contributed by atoms with Crippen molar-refractivity contribution < 1.29 is 4.79 Å². The number of nitrogens with zero attached hydrogens (tertiary/aromatic N) is 3. The molecule has 4 rings (SSSR count). The predicted molar refractivity (Wildman–Crippen MR) is 105 cm³/mol. The van der Waals surface area contributed by atoms with Gasteiger partial charge in [0.2, 0.25) is 0 Å². The van der Waals surface area contributed by atoms with Gasteiger partial charge in [-0.25, -0.2) is 4.98 Å². The number of anilines is 1. The molecule has 2 aromatic carbocycles. The number of piperidine rings is 1. The van der Waals surface area contributed by atoms with Crippen molar-refractivity contribution in [2.45, 2.75) is 18.8 Å². The van der Waals surface area contributed by atoms with Gasteiger partial charge in [0.05, 0.1) is 11.0 Å². The Kier molecular flexibility index (Phi) is 4.37. The van der Waals surface area contributed by atoms with Gasteiger partial charge in [-0.1, -0.05) is 18.2 Å². The maximum Gasteiger partial charge on any atom is 0.253 e. The first-order valence-corrected chi connectivity index (χ1v) is 9.13. The number of aromatic nitrogens is 2. The number of nitrogens with one attached hydrogen (secondary N) is 1. The van der Waals surface area contributed by atoms with E-state index >= 15 is 0 Å². The second-order valence-corrected chi connectivity index (χ2v) is 7.17. The summed E-state index contributed by atoms with van der Waals surface area (Å²) in [4.78, 5) is 25.2. The van der Waals surface area contributed by atoms with Crippen LogP contribution in [0.4, 0.5) is 5.69 Å². The molecule has 5 nitrogen and oxygen atoms in total. The number of H-pyrrole nitrogens is 1. The molecule has 3 aromatic rings. The molecule has 1 amide bonds. The van der Waals surface area contributed by atoms with Gasteiger partial charge in [0.1, 0.15) is 5.82 Å². The fourth-order valence-electron chi connectivity index (χ4n) is 3.65. The standard InChI is InChI=1S/C21H24N4O/c1-24(2)17-9-5-7-15(13-17)21(26)25-12-6-8-16(14-25)20-22-18-10-3-4-11-19(18)23-20/h3-5,7,9-11,13,16H,6,8,12,14H2,1-2H3,(H,22,23). The first kappa shape index (κ1) is 16.6. The van der Waals surface area contributed by atoms with Crippen molar-refractivity contribution in [3.8, 4) is 0 Å². The molecule has 0 radical (unpaired) electrons. The summed E-state index contributed by atoms with van der Waals surface area (Å²) < 4.78 is 0. The lowest BCUT2D eigenvalue weighted by molar-refractivity contribution is 0.0705. The van der Waals surface area contributed by atoms with E-state index < -0.39 is 0 Å². The van der Waals surface area contributed by atoms with Gasteiger partial charge in [-0.15, -0.1) is 0 Å². The Bertz CT molecular complexity index is 897. The van der Waals surface area contributed by atoms with Crippen LogP contribution in [0.3, 0.4) is 0 Å². The lowest BCUT2D eigenvalue weighted by Crippen LogP contribution is -2.39. The number of fused-ring (bicyclic) bond motifs is 1. The van der Waals surface area contributed by atoms with Crippen molar-refractivity contribution in [2.24, 2.45) is 0 Å². The van der Waals surface area contributed by atoms with E-state index in [2.05, 4.69) is 4.98 Å². The maximum atomic E-state index is 13.0. The van der Waals surface area contributed by atoms with E-state index in [-0.39, 0.29) is 11.8 Å². The number of rotatable bonds is 3. The average molecular weight is 348 g/mol. The molecule has 1 saturated heterocycles. The molecule has 0 spiro atoms. The van der Waals surface area contributed by atoms with Crippen molar-refractivity contribution in [3.05, 3.63) is 59.9 Å². The summed E-state index contributed by atoms with van der Waals surface area (Å²) in [6, 6.07) is 15.9. The van der Waals surface area contributed by atoms with Crippen LogP contribution in [0.1, 0.15) is 34.9 Å². The lowest BCUT2D eigenvalue weighted by Gasteiger charge is -2.32. The van der Waals surface area contributed by atoms with E-state index in [1.54, 1.807) is 0 Å². The third-order valence-corrected chi connectivity index (χ3v) is 5.11. The van der Waals surface area contributed by atoms with Crippen LogP contribution in [0.25, 0.3) is 11.0 Å². The van der Waals surface area contributed by atoms with Crippen molar-refractivity contribution in [1.29, 1.82) is 0 Å². The number of aromatic amines is 1. The number of amides is 1. The number of para-hydroxylation sites is 2. The van der Waals surface area contributed by atoms with Crippen molar-refractivity contribution in [1.82, 2.24) is 14.9 Å². The van der Waals surface area contributed by atoms with Crippen LogP contribution in [0.2, 0.25) is 0 Å². The Morgan fingerprint density at radius 3 is 2.85 bits per heavy atom. The highest BCUT2D eigenvalue weighted by Gasteiger charge is 2.27. The SMILES string of the molecule is CN(C)c1cccc(C(=O)N2CCCC(c3nc4ccccc4[nH]3)C2)c1. The van der Waals surface area contributed by atoms with Gasteiger partial charge < -0.3 is 14.8 Å². The van der Waals surface area contributed by atoms with E-state index in [1.807, 2.05) is 72.4 Å². The number of carbonyl (C=O) groups is 1. The van der Waals surface area contributed by atoms with Gasteiger partial charge in [-0.3, -0.25) is 4.79 Å². The van der Waals surface area contributed by atoms with Crippen LogP contribution in [-0.4, -0.2) is 48.0 Å². The van der Waals surface area contributed by atoms with E-state index in [4.69, 9.17) is 4.98 Å². The fourth-order valence-corrected chi connectivity index (χ4v) is 3.65. The second kappa shape index (κ2) is 6.83. The molecule has 1 unspecified atom stereocenters. The summed E-state index contributed by atoms with van der Waals surface area (Å²) in [6.07, 6.45) is 2.06. The van der Waals surface area contributed by atoms with E-state index in [9.17, 15) is 4.79 Å². The van der Waals surface area contributed by atoms with Crippen molar-refractivity contribution >= 4 is 22.6 Å². The normalized spacial score (nSPS) is 17.5. The molecule has 1 aliphatic rings. The highest BCUT2D eigenvalue weighted by Crippen LogP contribution is 2.28. The molecule has 5 heteroatoms. The smallest absolute Gasteiger partial charge is 0.253 e. The van der Waals surface area contributed by atoms with Crippen LogP contribution in [0.5, 0.6) is 0 Å². The van der Waals surface area contributed by atoms with Crippen LogP contribution in [0.15, 0.2) is 48.5 Å². The lowest BCUT2D eigenvalue weighted by atomic mass is 9.96. The fraction of sp³-hybridized carbons (Fsp3) is 0.333. The molecule has 26 heavy (non-hydrogen) atoms. The van der Waals surface area contributed by atoms with Crippen LogP contribution in [0, 0.1) is 0 Å². The molecule has 1 N–H and O–H groups in total. The number of hydrogen-bond acceptors (Lipinski definition) is 3. The van der Waals surface area contributed by atoms with Crippen molar-refractivity contribution in [2.75, 3.05) is 32.1 Å². The minimum atomic E-state index is 0.106. The Labute approximate surface area is 153 Å². The third-order valence-electron chi connectivity index (χ3n) is 5.11. The van der Waals surface area contributed by atoms with E-state index in [0.29, 0.717) is 6.54 Å². The summed E-state index contributed by atoms with van der Waals surface area (Å²) in [5, 5.41) is 0. The molecule has 1 aliphatic heterocycles. The van der Waals surface area contributed by atoms with Gasteiger partial charge >= 0.3 is 0 Å². The molecule has 0 saturated carbocycles. The molecular formula is C21H24N4O. The largest absolute Gasteiger partial charge is 0.378 e. The highest BCUT2D eigenvalue weighted by molar-refractivity contribution is 5.95. The second-order valence-electron chi connectivity index (χ2n) is 7.17. The number of benzene rings is 2. The van der Waals surface area contributed by atoms with Crippen LogP contribution >= 0.6 is 0 Å². The number of hydrogen-bond donors (Lipinski definition) is 1. The monoisotopic (exact) mass is 348 g/mol. The molecule has 134 valence electrons. The predicted octanol–water partition coefficient (Wildman–Crippen LogP) is 3.65. The topological polar surface area (TPSA) is 52.2 Å². The Morgan fingerprint density at radius 1 is 1.19 bits per heavy atom. The van der Waals surface area contributed by atoms with E-state index in [0.717, 1.165) is 47.5 Å². The Balaban J connectivity index is 1.54. The third kappa shape index (κ3) is 3.17. The summed E-state index contributed by atoms with van der Waals surface area (Å²) >= 11 is 0. The zero-order valence-corrected chi connectivity index (χ0v) is 15.3. The molecule has 1 fully saturated rings. The minimum absolute atomic E-state index is 0.106. The average Bonchev–Trinajstić information content (AvgIpc) is 3.12. The first-order valence-electron chi connectivity index (χ1n) is 9.13. The Morgan fingerprint density at radius 2 is 2.04 bits per heavy atom. The number of imidazole rings is 1. The highest BCUT2D eigenvalue weighted by atomic mass is 16.2. The van der Waals surface area contributed by atoms with E-state index in [1.165, 1.54) is 0 Å². The molecule has 0 aliphatic carbocycles. The van der Waals surface area contributed by atoms with Crippen molar-refractivity contribution in [3.63, 3.8) is 0 Å². The van der Waals surface area contributed by atoms with Gasteiger partial charge in [0.15, 0.2) is 0 Å². The molecule has 2 heterocycles. The van der Waals surface area contributed by atoms with Gasteiger partial charge in [0.25, 0.3) is 5.91 Å². The zero-order chi connectivity index (χ0) is 18.1. The number of likely N-dealkylation sites (tertiary alicyclic amines) is 1. The van der Waals surface area contributed by atoms with Crippen LogP contribution < -0.4 is 4.90 Å². The first-order chi connectivity index (χ1) is 12.6. The van der Waals surface area contributed by atoms with Gasteiger partial charge in [-0.05, 0) is 43.2 Å². The minimum Gasteiger partial charge on any atom is -0.378 e. The van der Waals surface area contributed by atoms with Crippen LogP contribution in [-0.2, 0) is 0 Å². The Hall–Kier alpha value is -2.82. The summed E-state index contributed by atoms with van der Waals surface area (Å²) in [7, 11) is 3.98. The van der Waals surface area contributed by atoms with Gasteiger partial charge in [0, 0.05) is 44.4 Å². The quantitative estimate of drug-likeness (QED) is 0.786. The van der Waals surface area contributed by atoms with Gasteiger partial charge in [-0.2, -0.15) is 0 Å². The summed E-state index contributed by atoms with van der Waals surface area (Å²) in [6.45, 7) is 1.52. The maximum absolute atomic E-state index is 13.0.